The van der Waals surface area contributed by atoms with Gasteiger partial charge in [-0.05, 0) is 53.8 Å². The molecule has 0 atom stereocenters. The zero-order valence-electron chi connectivity index (χ0n) is 9.95. The predicted octanol–water partition coefficient (Wildman–Crippen LogP) is 3.42. The van der Waals surface area contributed by atoms with Gasteiger partial charge in [-0.2, -0.15) is 0 Å². The van der Waals surface area contributed by atoms with E-state index in [0.29, 0.717) is 16.7 Å². The van der Waals surface area contributed by atoms with Crippen molar-refractivity contribution in [3.8, 4) is 0 Å². The van der Waals surface area contributed by atoms with E-state index in [2.05, 4.69) is 37.9 Å². The van der Waals surface area contributed by atoms with Gasteiger partial charge in [-0.15, -0.1) is 0 Å². The molecule has 0 aliphatic heterocycles. The standard InChI is InChI=1S/C12H10ClIN4S/c1-6-4-10(11(15)19)18-12(16-6)17-9-3-2-7(13)5-8(9)14/h2-5H,1H3,(H2,15,19)(H,16,17,18). The van der Waals surface area contributed by atoms with Crippen LogP contribution < -0.4 is 11.1 Å². The number of hydrogen-bond acceptors (Lipinski definition) is 4. The van der Waals surface area contributed by atoms with Crippen molar-refractivity contribution in [1.82, 2.24) is 9.97 Å². The van der Waals surface area contributed by atoms with Crippen LogP contribution in [-0.4, -0.2) is 15.0 Å². The number of nitrogens with one attached hydrogen (secondary N) is 1. The summed E-state index contributed by atoms with van der Waals surface area (Å²) in [7, 11) is 0. The highest BCUT2D eigenvalue weighted by molar-refractivity contribution is 14.1. The van der Waals surface area contributed by atoms with Crippen molar-refractivity contribution >= 4 is 63.0 Å². The van der Waals surface area contributed by atoms with E-state index in [0.717, 1.165) is 15.0 Å². The highest BCUT2D eigenvalue weighted by Gasteiger charge is 2.07. The van der Waals surface area contributed by atoms with Crippen molar-refractivity contribution in [2.75, 3.05) is 5.32 Å². The van der Waals surface area contributed by atoms with Crippen LogP contribution in [0.15, 0.2) is 24.3 Å². The molecule has 19 heavy (non-hydrogen) atoms. The molecule has 0 spiro atoms. The molecule has 3 N–H and O–H groups in total. The summed E-state index contributed by atoms with van der Waals surface area (Å²) in [6.07, 6.45) is 0. The second-order valence-electron chi connectivity index (χ2n) is 3.83. The Morgan fingerprint density at radius 1 is 1.37 bits per heavy atom. The molecule has 1 aromatic carbocycles. The van der Waals surface area contributed by atoms with Crippen molar-refractivity contribution < 1.29 is 0 Å². The van der Waals surface area contributed by atoms with Gasteiger partial charge in [0, 0.05) is 14.3 Å². The summed E-state index contributed by atoms with van der Waals surface area (Å²) >= 11 is 13.0. The summed E-state index contributed by atoms with van der Waals surface area (Å²) in [6, 6.07) is 7.28. The molecule has 2 rings (SSSR count). The van der Waals surface area contributed by atoms with Crippen LogP contribution in [-0.2, 0) is 0 Å². The van der Waals surface area contributed by atoms with Crippen molar-refractivity contribution in [2.45, 2.75) is 6.92 Å². The SMILES string of the molecule is Cc1cc(C(N)=S)nc(Nc2ccc(Cl)cc2I)n1. The first-order valence-corrected chi connectivity index (χ1v) is 7.20. The fourth-order valence-corrected chi connectivity index (χ4v) is 2.57. The van der Waals surface area contributed by atoms with Gasteiger partial charge in [0.15, 0.2) is 0 Å². The van der Waals surface area contributed by atoms with E-state index in [9.17, 15) is 0 Å². The molecule has 0 fully saturated rings. The van der Waals surface area contributed by atoms with Crippen LogP contribution in [0.4, 0.5) is 11.6 Å². The zero-order valence-corrected chi connectivity index (χ0v) is 13.7. The van der Waals surface area contributed by atoms with Crippen LogP contribution in [0.5, 0.6) is 0 Å². The van der Waals surface area contributed by atoms with Gasteiger partial charge in [-0.3, -0.25) is 0 Å². The van der Waals surface area contributed by atoms with E-state index in [1.54, 1.807) is 12.1 Å². The number of aryl methyl sites for hydroxylation is 1. The van der Waals surface area contributed by atoms with Gasteiger partial charge in [-0.1, -0.05) is 23.8 Å². The van der Waals surface area contributed by atoms with E-state index >= 15 is 0 Å². The third-order valence-corrected chi connectivity index (χ3v) is 3.62. The predicted molar refractivity (Wildman–Crippen MR) is 90.1 cm³/mol. The average Bonchev–Trinajstić information content (AvgIpc) is 2.32. The molecule has 0 saturated heterocycles. The second-order valence-corrected chi connectivity index (χ2v) is 5.87. The lowest BCUT2D eigenvalue weighted by Crippen LogP contribution is -2.14. The maximum atomic E-state index is 5.91. The highest BCUT2D eigenvalue weighted by Crippen LogP contribution is 2.24. The Morgan fingerprint density at radius 2 is 2.11 bits per heavy atom. The summed E-state index contributed by atoms with van der Waals surface area (Å²) in [5.74, 6) is 0.461. The lowest BCUT2D eigenvalue weighted by molar-refractivity contribution is 1.09. The fourth-order valence-electron chi connectivity index (χ4n) is 1.46. The topological polar surface area (TPSA) is 63.8 Å². The van der Waals surface area contributed by atoms with E-state index in [1.807, 2.05) is 19.1 Å². The minimum Gasteiger partial charge on any atom is -0.388 e. The average molecular weight is 405 g/mol. The largest absolute Gasteiger partial charge is 0.388 e. The maximum absolute atomic E-state index is 5.91. The van der Waals surface area contributed by atoms with Crippen molar-refractivity contribution in [3.05, 3.63) is 44.2 Å². The van der Waals surface area contributed by atoms with E-state index in [4.69, 9.17) is 29.6 Å². The molecule has 0 aliphatic rings. The number of nitrogens with two attached hydrogens (primary N) is 1. The number of halogens is 2. The zero-order chi connectivity index (χ0) is 14.0. The molecular weight excluding hydrogens is 395 g/mol. The molecule has 0 radical (unpaired) electrons. The third-order valence-electron chi connectivity index (χ3n) is 2.28. The quantitative estimate of drug-likeness (QED) is 0.606. The Kier molecular flexibility index (Phi) is 4.54. The highest BCUT2D eigenvalue weighted by atomic mass is 127. The Morgan fingerprint density at radius 3 is 2.74 bits per heavy atom. The van der Waals surface area contributed by atoms with Crippen LogP contribution >= 0.6 is 46.4 Å². The number of hydrogen-bond donors (Lipinski definition) is 2. The van der Waals surface area contributed by atoms with Gasteiger partial charge in [0.05, 0.1) is 5.69 Å². The molecule has 0 amide bonds. The third kappa shape index (κ3) is 3.74. The normalized spacial score (nSPS) is 10.3. The molecule has 1 aromatic heterocycles. The molecule has 2 aromatic rings. The van der Waals surface area contributed by atoms with Gasteiger partial charge in [-0.25, -0.2) is 9.97 Å². The van der Waals surface area contributed by atoms with Crippen LogP contribution in [0.1, 0.15) is 11.4 Å². The van der Waals surface area contributed by atoms with Gasteiger partial charge in [0.1, 0.15) is 10.7 Å². The molecule has 0 unspecified atom stereocenters. The van der Waals surface area contributed by atoms with Gasteiger partial charge in [0.2, 0.25) is 5.95 Å². The van der Waals surface area contributed by atoms with Crippen LogP contribution in [0.25, 0.3) is 0 Å². The number of nitrogens with zero attached hydrogens (tertiary/aromatic N) is 2. The molecule has 0 bridgehead atoms. The van der Waals surface area contributed by atoms with Crippen molar-refractivity contribution in [2.24, 2.45) is 5.73 Å². The lowest BCUT2D eigenvalue weighted by Gasteiger charge is -2.09. The summed E-state index contributed by atoms with van der Waals surface area (Å²) in [6.45, 7) is 1.86. The second kappa shape index (κ2) is 5.98. The summed E-state index contributed by atoms with van der Waals surface area (Å²) in [4.78, 5) is 8.82. The summed E-state index contributed by atoms with van der Waals surface area (Å²) < 4.78 is 0.979. The first kappa shape index (κ1) is 14.4. The summed E-state index contributed by atoms with van der Waals surface area (Å²) in [5, 5.41) is 3.82. The molecule has 98 valence electrons. The first-order chi connectivity index (χ1) is 8.95. The number of anilines is 2. The number of rotatable bonds is 3. The van der Waals surface area contributed by atoms with E-state index in [1.165, 1.54) is 0 Å². The fraction of sp³-hybridized carbons (Fsp3) is 0.0833. The molecule has 4 nitrogen and oxygen atoms in total. The monoisotopic (exact) mass is 404 g/mol. The number of thiocarbonyl (C=S) groups is 1. The van der Waals surface area contributed by atoms with Gasteiger partial charge >= 0.3 is 0 Å². The van der Waals surface area contributed by atoms with Gasteiger partial charge < -0.3 is 11.1 Å². The van der Waals surface area contributed by atoms with E-state index < -0.39 is 0 Å². The summed E-state index contributed by atoms with van der Waals surface area (Å²) in [5.41, 5.74) is 7.81. The minimum atomic E-state index is 0.249. The Hall–Kier alpha value is -0.990. The molecule has 0 aliphatic carbocycles. The lowest BCUT2D eigenvalue weighted by atomic mass is 10.3. The molecule has 1 heterocycles. The minimum absolute atomic E-state index is 0.249. The van der Waals surface area contributed by atoms with Crippen molar-refractivity contribution in [1.29, 1.82) is 0 Å². The first-order valence-electron chi connectivity index (χ1n) is 5.33. The van der Waals surface area contributed by atoms with E-state index in [-0.39, 0.29) is 4.99 Å². The van der Waals surface area contributed by atoms with Crippen LogP contribution in [0, 0.1) is 10.5 Å². The molecule has 0 saturated carbocycles. The smallest absolute Gasteiger partial charge is 0.228 e. The van der Waals surface area contributed by atoms with Crippen molar-refractivity contribution in [3.63, 3.8) is 0 Å². The van der Waals surface area contributed by atoms with Gasteiger partial charge in [0.25, 0.3) is 0 Å². The number of aromatic nitrogens is 2. The molecular formula is C12H10ClIN4S. The van der Waals surface area contributed by atoms with Crippen LogP contribution in [0.3, 0.4) is 0 Å². The Labute approximate surface area is 134 Å². The Balaban J connectivity index is 2.35. The molecule has 7 heteroatoms. The van der Waals surface area contributed by atoms with Crippen LogP contribution in [0.2, 0.25) is 5.02 Å². The number of benzene rings is 1. The Bertz CT molecular complexity index is 648. The maximum Gasteiger partial charge on any atom is 0.228 e.